The van der Waals surface area contributed by atoms with Gasteiger partial charge in [0.15, 0.2) is 5.96 Å². The van der Waals surface area contributed by atoms with E-state index in [9.17, 15) is 4.39 Å². The van der Waals surface area contributed by atoms with Crippen molar-refractivity contribution in [1.82, 2.24) is 15.2 Å². The molecule has 2 unspecified atom stereocenters. The van der Waals surface area contributed by atoms with Gasteiger partial charge in [-0.15, -0.1) is 0 Å². The molecule has 31 heavy (non-hydrogen) atoms. The first-order valence-electron chi connectivity index (χ1n) is 10.9. The number of rotatable bonds is 6. The van der Waals surface area contributed by atoms with Crippen molar-refractivity contribution in [2.75, 3.05) is 32.8 Å². The van der Waals surface area contributed by atoms with E-state index in [0.29, 0.717) is 24.8 Å². The standard InChI is InChI=1S/C23H29FN4O3/c1-2-25-23(28-11-13-30-21(16-28)20-4-3-12-29-20)27-15-17-9-10-26-22(14-17)31-19-7-5-18(24)6-8-19/h5-10,14,20-21H,2-4,11-13,15-16H2,1H3,(H,25,27). The lowest BCUT2D eigenvalue weighted by molar-refractivity contribution is -0.0817. The highest BCUT2D eigenvalue weighted by atomic mass is 19.1. The topological polar surface area (TPSA) is 68.2 Å². The number of benzene rings is 1. The average molecular weight is 429 g/mol. The first-order chi connectivity index (χ1) is 15.2. The summed E-state index contributed by atoms with van der Waals surface area (Å²) in [4.78, 5) is 11.3. The van der Waals surface area contributed by atoms with Crippen LogP contribution in [0.25, 0.3) is 0 Å². The van der Waals surface area contributed by atoms with Crippen molar-refractivity contribution in [3.8, 4) is 11.6 Å². The third-order valence-corrected chi connectivity index (χ3v) is 5.35. The minimum absolute atomic E-state index is 0.0803. The van der Waals surface area contributed by atoms with Gasteiger partial charge in [0.25, 0.3) is 0 Å². The van der Waals surface area contributed by atoms with Gasteiger partial charge in [0, 0.05) is 38.5 Å². The van der Waals surface area contributed by atoms with Crippen molar-refractivity contribution in [3.05, 3.63) is 54.0 Å². The molecule has 0 aliphatic carbocycles. The molecule has 7 nitrogen and oxygen atoms in total. The van der Waals surface area contributed by atoms with Crippen molar-refractivity contribution < 1.29 is 18.6 Å². The molecule has 0 bridgehead atoms. The number of morpholine rings is 1. The van der Waals surface area contributed by atoms with Gasteiger partial charge in [-0.2, -0.15) is 0 Å². The molecule has 0 amide bonds. The first-order valence-corrected chi connectivity index (χ1v) is 10.9. The highest BCUT2D eigenvalue weighted by Gasteiger charge is 2.32. The lowest BCUT2D eigenvalue weighted by Crippen LogP contribution is -2.53. The van der Waals surface area contributed by atoms with E-state index in [1.54, 1.807) is 18.3 Å². The molecule has 2 saturated heterocycles. The molecule has 0 spiro atoms. The zero-order chi connectivity index (χ0) is 21.5. The molecular formula is C23H29FN4O3. The summed E-state index contributed by atoms with van der Waals surface area (Å²) >= 11 is 0. The highest BCUT2D eigenvalue weighted by molar-refractivity contribution is 5.80. The molecule has 2 atom stereocenters. The van der Waals surface area contributed by atoms with Crippen molar-refractivity contribution in [3.63, 3.8) is 0 Å². The zero-order valence-corrected chi connectivity index (χ0v) is 17.8. The SMILES string of the molecule is CCNC(=NCc1ccnc(Oc2ccc(F)cc2)c1)N1CCOC(C2CCCO2)C1. The molecule has 2 aliphatic heterocycles. The van der Waals surface area contributed by atoms with Gasteiger partial charge in [-0.1, -0.05) is 0 Å². The molecule has 0 saturated carbocycles. The Kier molecular flexibility index (Phi) is 7.32. The molecule has 0 radical (unpaired) electrons. The maximum absolute atomic E-state index is 13.1. The average Bonchev–Trinajstić information content (AvgIpc) is 3.34. The van der Waals surface area contributed by atoms with Crippen LogP contribution in [0.4, 0.5) is 4.39 Å². The van der Waals surface area contributed by atoms with Crippen LogP contribution in [0.3, 0.4) is 0 Å². The quantitative estimate of drug-likeness (QED) is 0.562. The number of nitrogens with one attached hydrogen (secondary N) is 1. The van der Waals surface area contributed by atoms with Crippen LogP contribution in [0.2, 0.25) is 0 Å². The Bertz CT molecular complexity index is 871. The molecule has 4 rings (SSSR count). The van der Waals surface area contributed by atoms with Gasteiger partial charge in [0.1, 0.15) is 17.7 Å². The molecule has 3 heterocycles. The molecular weight excluding hydrogens is 399 g/mol. The summed E-state index contributed by atoms with van der Waals surface area (Å²) in [7, 11) is 0. The van der Waals surface area contributed by atoms with Crippen LogP contribution in [0, 0.1) is 5.82 Å². The van der Waals surface area contributed by atoms with Crippen LogP contribution in [0.15, 0.2) is 47.6 Å². The minimum atomic E-state index is -0.302. The fourth-order valence-electron chi connectivity index (χ4n) is 3.81. The maximum atomic E-state index is 13.1. The van der Waals surface area contributed by atoms with E-state index in [2.05, 4.69) is 22.1 Å². The van der Waals surface area contributed by atoms with Crippen LogP contribution in [0.1, 0.15) is 25.3 Å². The number of ether oxygens (including phenoxy) is 3. The Balaban J connectivity index is 1.41. The molecule has 1 aromatic carbocycles. The number of nitrogens with zero attached hydrogens (tertiary/aromatic N) is 3. The van der Waals surface area contributed by atoms with Crippen LogP contribution < -0.4 is 10.1 Å². The van der Waals surface area contributed by atoms with Gasteiger partial charge in [0.05, 0.1) is 19.3 Å². The fraction of sp³-hybridized carbons (Fsp3) is 0.478. The number of hydrogen-bond donors (Lipinski definition) is 1. The summed E-state index contributed by atoms with van der Waals surface area (Å²) in [5.74, 6) is 1.56. The summed E-state index contributed by atoms with van der Waals surface area (Å²) in [5.41, 5.74) is 0.978. The molecule has 166 valence electrons. The van der Waals surface area contributed by atoms with E-state index < -0.39 is 0 Å². The third kappa shape index (κ3) is 5.92. The number of guanidine groups is 1. The van der Waals surface area contributed by atoms with Crippen molar-refractivity contribution in [1.29, 1.82) is 0 Å². The molecule has 1 N–H and O–H groups in total. The van der Waals surface area contributed by atoms with Gasteiger partial charge < -0.3 is 24.4 Å². The number of aromatic nitrogens is 1. The summed E-state index contributed by atoms with van der Waals surface area (Å²) in [6, 6.07) is 9.64. The van der Waals surface area contributed by atoms with Crippen molar-refractivity contribution in [2.24, 2.45) is 4.99 Å². The molecule has 2 aliphatic rings. The van der Waals surface area contributed by atoms with Crippen molar-refractivity contribution in [2.45, 2.75) is 38.5 Å². The molecule has 2 aromatic rings. The number of pyridine rings is 1. The number of halogens is 1. The van der Waals surface area contributed by atoms with E-state index >= 15 is 0 Å². The Morgan fingerprint density at radius 2 is 2.06 bits per heavy atom. The van der Waals surface area contributed by atoms with E-state index in [1.807, 2.05) is 12.1 Å². The molecule has 2 fully saturated rings. The van der Waals surface area contributed by atoms with E-state index in [1.165, 1.54) is 12.1 Å². The summed E-state index contributed by atoms with van der Waals surface area (Å²) in [6.45, 7) is 6.40. The van der Waals surface area contributed by atoms with E-state index in [4.69, 9.17) is 19.2 Å². The minimum Gasteiger partial charge on any atom is -0.439 e. The fourth-order valence-corrected chi connectivity index (χ4v) is 3.81. The van der Waals surface area contributed by atoms with Gasteiger partial charge in [-0.25, -0.2) is 14.4 Å². The predicted octanol–water partition coefficient (Wildman–Crippen LogP) is 3.36. The predicted molar refractivity (Wildman–Crippen MR) is 116 cm³/mol. The van der Waals surface area contributed by atoms with Crippen LogP contribution >= 0.6 is 0 Å². The number of aliphatic imine (C=N–C) groups is 1. The van der Waals surface area contributed by atoms with Gasteiger partial charge >= 0.3 is 0 Å². The van der Waals surface area contributed by atoms with Gasteiger partial charge in [0.2, 0.25) is 5.88 Å². The van der Waals surface area contributed by atoms with E-state index in [0.717, 1.165) is 50.6 Å². The summed E-state index contributed by atoms with van der Waals surface area (Å²) < 4.78 is 30.6. The lowest BCUT2D eigenvalue weighted by Gasteiger charge is -2.37. The lowest BCUT2D eigenvalue weighted by atomic mass is 10.1. The first kappa shape index (κ1) is 21.5. The molecule has 1 aromatic heterocycles. The maximum Gasteiger partial charge on any atom is 0.219 e. The second kappa shape index (κ2) is 10.5. The molecule has 8 heteroatoms. The monoisotopic (exact) mass is 428 g/mol. The second-order valence-corrected chi connectivity index (χ2v) is 7.64. The van der Waals surface area contributed by atoms with E-state index in [-0.39, 0.29) is 18.0 Å². The highest BCUT2D eigenvalue weighted by Crippen LogP contribution is 2.22. The Hall–Kier alpha value is -2.71. The largest absolute Gasteiger partial charge is 0.439 e. The third-order valence-electron chi connectivity index (χ3n) is 5.35. The van der Waals surface area contributed by atoms with Gasteiger partial charge in [-0.05, 0) is 55.7 Å². The zero-order valence-electron chi connectivity index (χ0n) is 17.8. The normalized spacial score (nSPS) is 21.9. The van der Waals surface area contributed by atoms with Crippen LogP contribution in [-0.4, -0.2) is 60.9 Å². The second-order valence-electron chi connectivity index (χ2n) is 7.64. The Morgan fingerprint density at radius 3 is 2.84 bits per heavy atom. The van der Waals surface area contributed by atoms with Crippen molar-refractivity contribution >= 4 is 5.96 Å². The summed E-state index contributed by atoms with van der Waals surface area (Å²) in [6.07, 6.45) is 4.11. The Labute approximate surface area is 182 Å². The summed E-state index contributed by atoms with van der Waals surface area (Å²) in [5, 5.41) is 3.39. The van der Waals surface area contributed by atoms with Gasteiger partial charge in [-0.3, -0.25) is 0 Å². The Morgan fingerprint density at radius 1 is 1.23 bits per heavy atom. The number of hydrogen-bond acceptors (Lipinski definition) is 5. The smallest absolute Gasteiger partial charge is 0.219 e. The van der Waals surface area contributed by atoms with Crippen LogP contribution in [-0.2, 0) is 16.0 Å². The van der Waals surface area contributed by atoms with Crippen LogP contribution in [0.5, 0.6) is 11.6 Å².